The van der Waals surface area contributed by atoms with Gasteiger partial charge in [0.2, 0.25) is 0 Å². The van der Waals surface area contributed by atoms with E-state index in [-0.39, 0.29) is 23.1 Å². The second-order valence-corrected chi connectivity index (χ2v) is 9.61. The van der Waals surface area contributed by atoms with Gasteiger partial charge in [0.1, 0.15) is 6.10 Å². The summed E-state index contributed by atoms with van der Waals surface area (Å²) in [4.78, 5) is 39.2. The molecule has 182 valence electrons. The molecule has 36 heavy (non-hydrogen) atoms. The van der Waals surface area contributed by atoms with Crippen LogP contribution in [0.3, 0.4) is 0 Å². The van der Waals surface area contributed by atoms with Crippen molar-refractivity contribution in [2.75, 3.05) is 7.11 Å². The Morgan fingerprint density at radius 1 is 0.944 bits per heavy atom. The topological polar surface area (TPSA) is 93.1 Å². The van der Waals surface area contributed by atoms with E-state index < -0.39 is 30.2 Å². The van der Waals surface area contributed by atoms with Crippen LogP contribution < -0.4 is 9.47 Å². The molecule has 3 aromatic carbocycles. The number of hydrogen-bond acceptors (Lipinski definition) is 5. The lowest BCUT2D eigenvalue weighted by molar-refractivity contribution is -0.138. The molecule has 3 aliphatic rings. The maximum absolute atomic E-state index is 13.1. The molecule has 0 radical (unpaired) electrons. The number of fused-ring (bicyclic) bond motifs is 6. The average molecular weight is 484 g/mol. The van der Waals surface area contributed by atoms with Gasteiger partial charge in [0.15, 0.2) is 11.5 Å². The number of hydrogen-bond donors (Lipinski definition) is 1. The van der Waals surface area contributed by atoms with Gasteiger partial charge in [-0.3, -0.25) is 19.3 Å². The number of benzene rings is 3. The fraction of sp³-hybridized carbons (Fsp3) is 0.276. The average Bonchev–Trinajstić information content (AvgIpc) is 3.54. The van der Waals surface area contributed by atoms with Crippen molar-refractivity contribution in [3.8, 4) is 11.5 Å². The summed E-state index contributed by atoms with van der Waals surface area (Å²) in [5, 5.41) is 9.65. The summed E-state index contributed by atoms with van der Waals surface area (Å²) in [6, 6.07) is 19.2. The lowest BCUT2D eigenvalue weighted by atomic mass is 9.90. The molecule has 2 bridgehead atoms. The van der Waals surface area contributed by atoms with Crippen LogP contribution in [0.4, 0.5) is 0 Å². The molecule has 1 fully saturated rings. The third-order valence-electron chi connectivity index (χ3n) is 7.70. The lowest BCUT2D eigenvalue weighted by Crippen LogP contribution is -2.35. The third-order valence-corrected chi connectivity index (χ3v) is 7.70. The van der Waals surface area contributed by atoms with Crippen LogP contribution in [-0.4, -0.2) is 41.0 Å². The maximum Gasteiger partial charge on any atom is 0.305 e. The minimum absolute atomic E-state index is 0.0359. The monoisotopic (exact) mass is 483 g/mol. The first-order valence-corrected chi connectivity index (χ1v) is 12.1. The van der Waals surface area contributed by atoms with Crippen LogP contribution in [-0.2, 0) is 4.79 Å². The molecule has 4 atom stereocenters. The Hall–Kier alpha value is -4.13. The van der Waals surface area contributed by atoms with Crippen LogP contribution >= 0.6 is 0 Å². The third kappa shape index (κ3) is 3.46. The molecule has 3 aromatic rings. The number of nitrogens with zero attached hydrogens (tertiary/aromatic N) is 1. The Bertz CT molecular complexity index is 1360. The molecular formula is C29H25NO6. The number of carbonyl (C=O) groups excluding carboxylic acids is 2. The lowest BCUT2D eigenvalue weighted by Gasteiger charge is -2.28. The van der Waals surface area contributed by atoms with Crippen molar-refractivity contribution in [2.24, 2.45) is 0 Å². The minimum atomic E-state index is -1.11. The Morgan fingerprint density at radius 2 is 1.61 bits per heavy atom. The predicted octanol–water partition coefficient (Wildman–Crippen LogP) is 4.93. The van der Waals surface area contributed by atoms with Gasteiger partial charge in [-0.2, -0.15) is 0 Å². The quantitative estimate of drug-likeness (QED) is 0.479. The van der Waals surface area contributed by atoms with Crippen molar-refractivity contribution in [1.29, 1.82) is 0 Å². The first-order chi connectivity index (χ1) is 17.5. The largest absolute Gasteiger partial charge is 0.493 e. The van der Waals surface area contributed by atoms with Gasteiger partial charge in [-0.1, -0.05) is 42.5 Å². The van der Waals surface area contributed by atoms with Crippen molar-refractivity contribution < 1.29 is 29.0 Å². The number of carboxylic acids is 1. The van der Waals surface area contributed by atoms with Crippen molar-refractivity contribution in [3.63, 3.8) is 0 Å². The van der Waals surface area contributed by atoms with Gasteiger partial charge < -0.3 is 14.6 Å². The summed E-state index contributed by atoms with van der Waals surface area (Å²) in [6.45, 7) is 0. The normalized spacial score (nSPS) is 22.4. The van der Waals surface area contributed by atoms with Gasteiger partial charge in [-0.15, -0.1) is 0 Å². The highest BCUT2D eigenvalue weighted by molar-refractivity contribution is 6.21. The van der Waals surface area contributed by atoms with Gasteiger partial charge in [-0.05, 0) is 59.7 Å². The summed E-state index contributed by atoms with van der Waals surface area (Å²) in [5.41, 5.74) is 3.79. The molecule has 2 aliphatic carbocycles. The molecule has 0 spiro atoms. The van der Waals surface area contributed by atoms with Crippen LogP contribution in [0.5, 0.6) is 11.5 Å². The van der Waals surface area contributed by atoms with E-state index in [9.17, 15) is 19.5 Å². The summed E-state index contributed by atoms with van der Waals surface area (Å²) < 4.78 is 12.1. The van der Waals surface area contributed by atoms with Crippen LogP contribution in [0.25, 0.3) is 0 Å². The van der Waals surface area contributed by atoms with E-state index in [1.54, 1.807) is 49.6 Å². The molecule has 7 nitrogen and oxygen atoms in total. The van der Waals surface area contributed by atoms with E-state index in [2.05, 4.69) is 24.3 Å². The summed E-state index contributed by atoms with van der Waals surface area (Å²) in [7, 11) is 1.55. The fourth-order valence-electron chi connectivity index (χ4n) is 6.10. The smallest absolute Gasteiger partial charge is 0.305 e. The zero-order valence-electron chi connectivity index (χ0n) is 19.7. The number of imide groups is 1. The number of ether oxygens (including phenoxy) is 2. The number of aliphatic carboxylic acids is 1. The van der Waals surface area contributed by atoms with E-state index in [1.165, 1.54) is 11.1 Å². The molecule has 7 heteroatoms. The minimum Gasteiger partial charge on any atom is -0.493 e. The SMILES string of the molecule is COc1ccc(C(CC(=O)O)N2C(=O)c3ccccc3C2=O)cc1OC1CC2CC1c1ccccc12. The Labute approximate surface area is 208 Å². The Balaban J connectivity index is 1.34. The highest BCUT2D eigenvalue weighted by Gasteiger charge is 2.45. The molecule has 1 saturated carbocycles. The fourth-order valence-corrected chi connectivity index (χ4v) is 6.10. The van der Waals surface area contributed by atoms with Crippen molar-refractivity contribution in [3.05, 3.63) is 94.5 Å². The zero-order chi connectivity index (χ0) is 25.0. The van der Waals surface area contributed by atoms with E-state index in [0.717, 1.165) is 17.7 Å². The molecule has 2 amide bonds. The summed E-state index contributed by atoms with van der Waals surface area (Å²) in [5.74, 6) is -0.355. The number of methoxy groups -OCH3 is 1. The number of rotatable bonds is 7. The second-order valence-electron chi connectivity index (χ2n) is 9.61. The molecule has 0 aromatic heterocycles. The molecule has 6 rings (SSSR count). The highest BCUT2D eigenvalue weighted by Crippen LogP contribution is 2.54. The van der Waals surface area contributed by atoms with E-state index in [0.29, 0.717) is 23.0 Å². The van der Waals surface area contributed by atoms with Crippen molar-refractivity contribution in [1.82, 2.24) is 4.90 Å². The van der Waals surface area contributed by atoms with E-state index in [1.807, 2.05) is 0 Å². The van der Waals surface area contributed by atoms with Crippen molar-refractivity contribution >= 4 is 17.8 Å². The van der Waals surface area contributed by atoms with Crippen LogP contribution in [0, 0.1) is 0 Å². The Morgan fingerprint density at radius 3 is 2.28 bits per heavy atom. The van der Waals surface area contributed by atoms with Gasteiger partial charge in [0.25, 0.3) is 11.8 Å². The molecule has 1 N–H and O–H groups in total. The van der Waals surface area contributed by atoms with E-state index in [4.69, 9.17) is 9.47 Å². The second kappa shape index (κ2) is 8.52. The first kappa shape index (κ1) is 22.3. The van der Waals surface area contributed by atoms with Gasteiger partial charge >= 0.3 is 5.97 Å². The maximum atomic E-state index is 13.1. The van der Waals surface area contributed by atoms with Crippen molar-refractivity contribution in [2.45, 2.75) is 43.2 Å². The molecule has 4 unspecified atom stereocenters. The standard InChI is InChI=1S/C29H25NO6/c1-35-24-11-10-16(13-26(24)36-25-14-17-12-22(25)19-7-3-2-6-18(17)19)23(15-27(31)32)30-28(33)20-8-4-5-9-21(20)29(30)34/h2-11,13,17,22-23,25H,12,14-15H2,1H3,(H,31,32). The van der Waals surface area contributed by atoms with Crippen LogP contribution in [0.15, 0.2) is 66.7 Å². The molecule has 0 saturated heterocycles. The number of carbonyl (C=O) groups is 3. The Kier molecular flexibility index (Phi) is 5.29. The molecule has 1 aliphatic heterocycles. The van der Waals surface area contributed by atoms with E-state index >= 15 is 0 Å². The zero-order valence-corrected chi connectivity index (χ0v) is 19.7. The number of carboxylic acid groups (broad SMARTS) is 1. The highest BCUT2D eigenvalue weighted by atomic mass is 16.5. The number of amides is 2. The van der Waals surface area contributed by atoms with Gasteiger partial charge in [0, 0.05) is 5.92 Å². The summed E-state index contributed by atoms with van der Waals surface area (Å²) >= 11 is 0. The van der Waals surface area contributed by atoms with Crippen LogP contribution in [0.1, 0.15) is 74.5 Å². The van der Waals surface area contributed by atoms with Gasteiger partial charge in [-0.25, -0.2) is 0 Å². The predicted molar refractivity (Wildman–Crippen MR) is 131 cm³/mol. The van der Waals surface area contributed by atoms with Crippen LogP contribution in [0.2, 0.25) is 0 Å². The molecule has 1 heterocycles. The summed E-state index contributed by atoms with van der Waals surface area (Å²) in [6.07, 6.45) is 1.49. The molecular weight excluding hydrogens is 458 g/mol. The van der Waals surface area contributed by atoms with Gasteiger partial charge in [0.05, 0.1) is 30.7 Å². The first-order valence-electron chi connectivity index (χ1n) is 12.1.